The van der Waals surface area contributed by atoms with Gasteiger partial charge in [-0.15, -0.1) is 5.10 Å². The smallest absolute Gasteiger partial charge is 0.422 e. The summed E-state index contributed by atoms with van der Waals surface area (Å²) >= 11 is 0. The molecule has 0 saturated heterocycles. The summed E-state index contributed by atoms with van der Waals surface area (Å²) in [5.41, 5.74) is 0. The molecule has 26 heavy (non-hydrogen) atoms. The van der Waals surface area contributed by atoms with Crippen molar-refractivity contribution in [3.63, 3.8) is 0 Å². The first-order chi connectivity index (χ1) is 12.0. The van der Waals surface area contributed by atoms with Gasteiger partial charge in [-0.2, -0.15) is 13.2 Å². The minimum absolute atomic E-state index is 0.0790. The molecule has 1 heterocycles. The highest BCUT2D eigenvalue weighted by atomic mass is 32.2. The lowest BCUT2D eigenvalue weighted by Crippen LogP contribution is -2.29. The van der Waals surface area contributed by atoms with E-state index in [1.807, 2.05) is 0 Å². The number of hydrogen-bond donors (Lipinski definition) is 1. The molecular weight excluding hydrogens is 380 g/mol. The molecule has 0 fully saturated rings. The van der Waals surface area contributed by atoms with E-state index in [-0.39, 0.29) is 23.3 Å². The Bertz CT molecular complexity index is 850. The average Bonchev–Trinajstić information content (AvgIpc) is 2.95. The molecule has 1 aromatic heterocycles. The van der Waals surface area contributed by atoms with Crippen LogP contribution in [0, 0.1) is 5.82 Å². The third-order valence-electron chi connectivity index (χ3n) is 3.27. The summed E-state index contributed by atoms with van der Waals surface area (Å²) in [7, 11) is -3.99. The SMILES string of the molecule is CCn1c(OCC(F)(F)F)nnc1[C@@H](C)NS(=O)(=O)c1ccc(F)cc1. The Labute approximate surface area is 147 Å². The zero-order valence-electron chi connectivity index (χ0n) is 13.8. The number of alkyl halides is 3. The molecule has 0 spiro atoms. The van der Waals surface area contributed by atoms with Gasteiger partial charge in [0.15, 0.2) is 12.4 Å². The Kier molecular flexibility index (Phi) is 5.86. The Morgan fingerprint density at radius 3 is 2.38 bits per heavy atom. The van der Waals surface area contributed by atoms with Gasteiger partial charge in [0.05, 0.1) is 10.9 Å². The number of rotatable bonds is 7. The van der Waals surface area contributed by atoms with Crippen molar-refractivity contribution >= 4 is 10.0 Å². The summed E-state index contributed by atoms with van der Waals surface area (Å²) in [5.74, 6) is -0.510. The van der Waals surface area contributed by atoms with Crippen LogP contribution in [-0.2, 0) is 16.6 Å². The number of hydrogen-bond acceptors (Lipinski definition) is 5. The molecule has 1 aromatic carbocycles. The van der Waals surface area contributed by atoms with E-state index in [1.165, 1.54) is 11.5 Å². The molecule has 144 valence electrons. The van der Waals surface area contributed by atoms with Crippen LogP contribution in [0.25, 0.3) is 0 Å². The number of nitrogens with zero attached hydrogens (tertiary/aromatic N) is 3. The topological polar surface area (TPSA) is 86.1 Å². The number of benzene rings is 1. The van der Waals surface area contributed by atoms with E-state index in [0.29, 0.717) is 0 Å². The van der Waals surface area contributed by atoms with E-state index in [0.717, 1.165) is 24.3 Å². The van der Waals surface area contributed by atoms with Crippen molar-refractivity contribution in [2.24, 2.45) is 0 Å². The fourth-order valence-electron chi connectivity index (χ4n) is 2.14. The monoisotopic (exact) mass is 396 g/mol. The minimum Gasteiger partial charge on any atom is -0.454 e. The Balaban J connectivity index is 2.20. The molecule has 7 nitrogen and oxygen atoms in total. The van der Waals surface area contributed by atoms with E-state index in [2.05, 4.69) is 19.7 Å². The maximum atomic E-state index is 12.9. The largest absolute Gasteiger partial charge is 0.454 e. The predicted molar refractivity (Wildman–Crippen MR) is 82.4 cm³/mol. The van der Waals surface area contributed by atoms with Crippen LogP contribution < -0.4 is 9.46 Å². The molecular formula is C14H16F4N4O3S. The van der Waals surface area contributed by atoms with Crippen LogP contribution in [0.1, 0.15) is 25.7 Å². The fraction of sp³-hybridized carbons (Fsp3) is 0.429. The second-order valence-corrected chi connectivity index (χ2v) is 7.00. The fourth-order valence-corrected chi connectivity index (χ4v) is 3.34. The molecule has 0 radical (unpaired) electrons. The lowest BCUT2D eigenvalue weighted by Gasteiger charge is -2.15. The third-order valence-corrected chi connectivity index (χ3v) is 4.83. The van der Waals surface area contributed by atoms with Gasteiger partial charge >= 0.3 is 12.2 Å². The number of ether oxygens (including phenoxy) is 1. The van der Waals surface area contributed by atoms with E-state index in [9.17, 15) is 26.0 Å². The number of nitrogens with one attached hydrogen (secondary N) is 1. The van der Waals surface area contributed by atoms with Gasteiger partial charge in [0, 0.05) is 6.54 Å². The van der Waals surface area contributed by atoms with E-state index in [1.54, 1.807) is 6.92 Å². The molecule has 2 aromatic rings. The van der Waals surface area contributed by atoms with Gasteiger partial charge in [-0.25, -0.2) is 17.5 Å². The molecule has 12 heteroatoms. The summed E-state index contributed by atoms with van der Waals surface area (Å²) < 4.78 is 82.5. The summed E-state index contributed by atoms with van der Waals surface area (Å²) in [6, 6.07) is 2.89. The van der Waals surface area contributed by atoms with E-state index < -0.39 is 34.7 Å². The number of halogens is 4. The molecule has 1 atom stereocenters. The molecule has 1 N–H and O–H groups in total. The van der Waals surface area contributed by atoms with Crippen molar-refractivity contribution < 1.29 is 30.7 Å². The van der Waals surface area contributed by atoms with Gasteiger partial charge in [0.1, 0.15) is 5.82 Å². The first-order valence-electron chi connectivity index (χ1n) is 7.44. The van der Waals surface area contributed by atoms with Gasteiger partial charge in [-0.05, 0) is 38.1 Å². The number of sulfonamides is 1. The first-order valence-corrected chi connectivity index (χ1v) is 8.92. The summed E-state index contributed by atoms with van der Waals surface area (Å²) in [6.07, 6.45) is -4.54. The van der Waals surface area contributed by atoms with Crippen molar-refractivity contribution in [3.05, 3.63) is 35.9 Å². The zero-order chi connectivity index (χ0) is 19.5. The van der Waals surface area contributed by atoms with Crippen molar-refractivity contribution in [3.8, 4) is 6.01 Å². The lowest BCUT2D eigenvalue weighted by atomic mass is 10.3. The van der Waals surface area contributed by atoms with E-state index >= 15 is 0 Å². The van der Waals surface area contributed by atoms with Gasteiger partial charge in [-0.1, -0.05) is 5.10 Å². The highest BCUT2D eigenvalue weighted by Crippen LogP contribution is 2.22. The van der Waals surface area contributed by atoms with Crippen LogP contribution >= 0.6 is 0 Å². The summed E-state index contributed by atoms with van der Waals surface area (Å²) in [4.78, 5) is -0.165. The summed E-state index contributed by atoms with van der Waals surface area (Å²) in [5, 5.41) is 7.24. The van der Waals surface area contributed by atoms with Crippen molar-refractivity contribution in [1.82, 2.24) is 19.5 Å². The lowest BCUT2D eigenvalue weighted by molar-refractivity contribution is -0.155. The van der Waals surface area contributed by atoms with Gasteiger partial charge in [-0.3, -0.25) is 4.57 Å². The normalized spacial score (nSPS) is 13.6. The Morgan fingerprint density at radius 1 is 1.23 bits per heavy atom. The highest BCUT2D eigenvalue weighted by Gasteiger charge is 2.30. The van der Waals surface area contributed by atoms with Gasteiger partial charge < -0.3 is 4.74 Å². The van der Waals surface area contributed by atoms with Crippen LogP contribution in [0.15, 0.2) is 29.2 Å². The maximum absolute atomic E-state index is 12.9. The van der Waals surface area contributed by atoms with Crippen molar-refractivity contribution in [2.45, 2.75) is 37.5 Å². The minimum atomic E-state index is -4.54. The Morgan fingerprint density at radius 2 is 1.85 bits per heavy atom. The quantitative estimate of drug-likeness (QED) is 0.727. The van der Waals surface area contributed by atoms with Gasteiger partial charge in [0.25, 0.3) is 0 Å². The highest BCUT2D eigenvalue weighted by molar-refractivity contribution is 7.89. The second kappa shape index (κ2) is 7.58. The molecule has 0 unspecified atom stereocenters. The molecule has 0 bridgehead atoms. The van der Waals surface area contributed by atoms with Crippen LogP contribution in [0.2, 0.25) is 0 Å². The first kappa shape index (κ1) is 20.1. The molecule has 0 aliphatic heterocycles. The van der Waals surface area contributed by atoms with Crippen LogP contribution in [-0.4, -0.2) is 36.0 Å². The molecule has 0 saturated carbocycles. The van der Waals surface area contributed by atoms with Gasteiger partial charge in [0.2, 0.25) is 10.0 Å². The standard InChI is InChI=1S/C14H16F4N4O3S/c1-3-22-12(19-20-13(22)25-8-14(16,17)18)9(2)21-26(23,24)11-6-4-10(15)5-7-11/h4-7,9,21H,3,8H2,1-2H3/t9-/m1/s1. The molecule has 2 rings (SSSR count). The molecule has 0 amide bonds. The number of aromatic nitrogens is 3. The zero-order valence-corrected chi connectivity index (χ0v) is 14.6. The van der Waals surface area contributed by atoms with Crippen molar-refractivity contribution in [2.75, 3.05) is 6.61 Å². The molecule has 0 aliphatic rings. The van der Waals surface area contributed by atoms with Crippen LogP contribution in [0.4, 0.5) is 17.6 Å². The maximum Gasteiger partial charge on any atom is 0.422 e. The second-order valence-electron chi connectivity index (χ2n) is 5.29. The average molecular weight is 396 g/mol. The van der Waals surface area contributed by atoms with Crippen molar-refractivity contribution in [1.29, 1.82) is 0 Å². The van der Waals surface area contributed by atoms with E-state index in [4.69, 9.17) is 0 Å². The molecule has 0 aliphatic carbocycles. The Hall–Kier alpha value is -2.21. The predicted octanol–water partition coefficient (Wildman–Crippen LogP) is 2.42. The van der Waals surface area contributed by atoms with Crippen LogP contribution in [0.5, 0.6) is 6.01 Å². The van der Waals surface area contributed by atoms with Crippen LogP contribution in [0.3, 0.4) is 0 Å². The third kappa shape index (κ3) is 4.91. The summed E-state index contributed by atoms with van der Waals surface area (Å²) in [6.45, 7) is 1.69.